The first-order chi connectivity index (χ1) is 7.72. The van der Waals surface area contributed by atoms with Crippen molar-refractivity contribution in [3.05, 3.63) is 29.3 Å². The highest BCUT2D eigenvalue weighted by atomic mass is 16.1. The largest absolute Gasteiger partial charge is 0.326 e. The minimum atomic E-state index is 0.135. The van der Waals surface area contributed by atoms with Crippen LogP contribution in [0.3, 0.4) is 0 Å². The summed E-state index contributed by atoms with van der Waals surface area (Å²) in [5.41, 5.74) is 3.62. The third-order valence-corrected chi connectivity index (χ3v) is 3.50. The molecule has 16 heavy (non-hydrogen) atoms. The predicted octanol–water partition coefficient (Wildman–Crippen LogP) is 1.99. The fourth-order valence-electron chi connectivity index (χ4n) is 2.52. The molecule has 0 saturated carbocycles. The second kappa shape index (κ2) is 3.59. The Labute approximate surface area is 95.2 Å². The molecular weight excluding hydrogens is 200 g/mol. The summed E-state index contributed by atoms with van der Waals surface area (Å²) < 4.78 is 0. The Hall–Kier alpha value is -1.35. The van der Waals surface area contributed by atoms with Crippen LogP contribution in [-0.2, 0) is 11.2 Å². The van der Waals surface area contributed by atoms with E-state index in [-0.39, 0.29) is 5.91 Å². The van der Waals surface area contributed by atoms with Crippen LogP contribution in [0.5, 0.6) is 0 Å². The minimum absolute atomic E-state index is 0.135. The normalized spacial score (nSPS) is 27.9. The van der Waals surface area contributed by atoms with Crippen LogP contribution >= 0.6 is 0 Å². The van der Waals surface area contributed by atoms with E-state index in [1.807, 2.05) is 6.07 Å². The summed E-state index contributed by atoms with van der Waals surface area (Å²) in [7, 11) is 0. The van der Waals surface area contributed by atoms with E-state index in [4.69, 9.17) is 0 Å². The van der Waals surface area contributed by atoms with Gasteiger partial charge in [0.1, 0.15) is 0 Å². The average Bonchev–Trinajstić information content (AvgIpc) is 2.24. The first kappa shape index (κ1) is 9.85. The van der Waals surface area contributed by atoms with Crippen LogP contribution in [-0.4, -0.2) is 11.9 Å². The van der Waals surface area contributed by atoms with Gasteiger partial charge in [0.25, 0.3) is 0 Å². The van der Waals surface area contributed by atoms with Crippen molar-refractivity contribution in [1.29, 1.82) is 0 Å². The van der Waals surface area contributed by atoms with E-state index < -0.39 is 0 Å². The molecule has 2 aliphatic heterocycles. The van der Waals surface area contributed by atoms with Crippen LogP contribution < -0.4 is 10.6 Å². The molecule has 1 fully saturated rings. The predicted molar refractivity (Wildman–Crippen MR) is 63.3 cm³/mol. The van der Waals surface area contributed by atoms with Crippen molar-refractivity contribution in [3.63, 3.8) is 0 Å². The molecule has 2 atom stereocenters. The molecule has 2 aliphatic rings. The fraction of sp³-hybridized carbons (Fsp3) is 0.462. The van der Waals surface area contributed by atoms with Crippen molar-refractivity contribution in [2.45, 2.75) is 38.3 Å². The van der Waals surface area contributed by atoms with Crippen molar-refractivity contribution < 1.29 is 4.79 Å². The molecule has 1 saturated heterocycles. The summed E-state index contributed by atoms with van der Waals surface area (Å²) in [5.74, 6) is 0.135. The lowest BCUT2D eigenvalue weighted by molar-refractivity contribution is -0.116. The number of carbonyl (C=O) groups excluding carboxylic acids is 1. The molecule has 1 amide bonds. The Morgan fingerprint density at radius 2 is 2.12 bits per heavy atom. The van der Waals surface area contributed by atoms with Crippen molar-refractivity contribution >= 4 is 11.6 Å². The van der Waals surface area contributed by atoms with Gasteiger partial charge in [0, 0.05) is 24.2 Å². The zero-order valence-electron chi connectivity index (χ0n) is 9.42. The number of carbonyl (C=O) groups is 1. The van der Waals surface area contributed by atoms with Crippen LogP contribution in [0.1, 0.15) is 36.9 Å². The molecule has 2 heterocycles. The van der Waals surface area contributed by atoms with Gasteiger partial charge in [-0.15, -0.1) is 0 Å². The van der Waals surface area contributed by atoms with E-state index in [0.29, 0.717) is 18.5 Å². The van der Waals surface area contributed by atoms with Gasteiger partial charge in [-0.1, -0.05) is 12.1 Å². The van der Waals surface area contributed by atoms with E-state index in [1.165, 1.54) is 17.5 Å². The second-order valence-electron chi connectivity index (χ2n) is 4.82. The summed E-state index contributed by atoms with van der Waals surface area (Å²) in [6.45, 7) is 2.20. The zero-order chi connectivity index (χ0) is 11.1. The van der Waals surface area contributed by atoms with Crippen molar-refractivity contribution in [2.24, 2.45) is 0 Å². The summed E-state index contributed by atoms with van der Waals surface area (Å²) in [6, 6.07) is 7.54. The minimum Gasteiger partial charge on any atom is -0.326 e. The Bertz CT molecular complexity index is 436. The molecule has 3 nitrogen and oxygen atoms in total. The molecule has 0 aromatic heterocycles. The number of aryl methyl sites for hydroxylation is 1. The van der Waals surface area contributed by atoms with Gasteiger partial charge in [-0.3, -0.25) is 4.79 Å². The molecule has 2 N–H and O–H groups in total. The number of nitrogens with one attached hydrogen (secondary N) is 2. The maximum atomic E-state index is 11.2. The monoisotopic (exact) mass is 216 g/mol. The molecular formula is C13H16N2O. The molecule has 0 spiro atoms. The number of fused-ring (bicyclic) bond motifs is 1. The first-order valence-electron chi connectivity index (χ1n) is 5.91. The van der Waals surface area contributed by atoms with Gasteiger partial charge in [0.2, 0.25) is 5.91 Å². The highest BCUT2D eigenvalue weighted by Crippen LogP contribution is 2.31. The van der Waals surface area contributed by atoms with E-state index in [0.717, 1.165) is 12.1 Å². The summed E-state index contributed by atoms with van der Waals surface area (Å²) in [5, 5.41) is 6.40. The van der Waals surface area contributed by atoms with E-state index in [9.17, 15) is 4.79 Å². The third kappa shape index (κ3) is 1.61. The van der Waals surface area contributed by atoms with E-state index >= 15 is 0 Å². The van der Waals surface area contributed by atoms with Crippen molar-refractivity contribution in [2.75, 3.05) is 5.32 Å². The molecule has 0 radical (unpaired) electrons. The van der Waals surface area contributed by atoms with Gasteiger partial charge in [-0.05, 0) is 37.0 Å². The molecule has 0 bridgehead atoms. The average molecular weight is 216 g/mol. The standard InChI is InChI=1S/C13H16N2O/c1-8-6-12(14-8)10-2-4-11-9(7-10)3-5-13(16)15-11/h2,4,7-8,12,14H,3,5-6H2,1H3,(H,15,16). The van der Waals surface area contributed by atoms with Crippen LogP contribution in [0.25, 0.3) is 0 Å². The van der Waals surface area contributed by atoms with Gasteiger partial charge in [0.05, 0.1) is 0 Å². The van der Waals surface area contributed by atoms with Crippen LogP contribution in [0.4, 0.5) is 5.69 Å². The van der Waals surface area contributed by atoms with E-state index in [1.54, 1.807) is 0 Å². The number of anilines is 1. The van der Waals surface area contributed by atoms with Gasteiger partial charge in [-0.25, -0.2) is 0 Å². The summed E-state index contributed by atoms with van der Waals surface area (Å²) in [4.78, 5) is 11.2. The summed E-state index contributed by atoms with van der Waals surface area (Å²) >= 11 is 0. The van der Waals surface area contributed by atoms with Crippen molar-refractivity contribution in [1.82, 2.24) is 5.32 Å². The second-order valence-corrected chi connectivity index (χ2v) is 4.82. The lowest BCUT2D eigenvalue weighted by Crippen LogP contribution is -2.43. The smallest absolute Gasteiger partial charge is 0.224 e. The quantitative estimate of drug-likeness (QED) is 0.753. The SMILES string of the molecule is CC1CC(c2ccc3c(c2)CCC(=O)N3)N1. The fourth-order valence-corrected chi connectivity index (χ4v) is 2.52. The Kier molecular flexibility index (Phi) is 2.21. The van der Waals surface area contributed by atoms with Gasteiger partial charge < -0.3 is 10.6 Å². The highest BCUT2D eigenvalue weighted by molar-refractivity contribution is 5.93. The number of hydrogen-bond donors (Lipinski definition) is 2. The Balaban J connectivity index is 1.85. The molecule has 1 aromatic carbocycles. The number of rotatable bonds is 1. The topological polar surface area (TPSA) is 41.1 Å². The van der Waals surface area contributed by atoms with E-state index in [2.05, 4.69) is 29.7 Å². The first-order valence-corrected chi connectivity index (χ1v) is 5.91. The Morgan fingerprint density at radius 1 is 1.31 bits per heavy atom. The maximum Gasteiger partial charge on any atom is 0.224 e. The van der Waals surface area contributed by atoms with Gasteiger partial charge in [-0.2, -0.15) is 0 Å². The van der Waals surface area contributed by atoms with Gasteiger partial charge in [0.15, 0.2) is 0 Å². The van der Waals surface area contributed by atoms with Crippen LogP contribution in [0, 0.1) is 0 Å². The third-order valence-electron chi connectivity index (χ3n) is 3.50. The lowest BCUT2D eigenvalue weighted by atomic mass is 9.89. The molecule has 2 unspecified atom stereocenters. The molecule has 0 aliphatic carbocycles. The number of benzene rings is 1. The molecule has 3 rings (SSSR count). The molecule has 3 heteroatoms. The number of hydrogen-bond acceptors (Lipinski definition) is 2. The lowest BCUT2D eigenvalue weighted by Gasteiger charge is -2.35. The summed E-state index contributed by atoms with van der Waals surface area (Å²) in [6.07, 6.45) is 2.70. The van der Waals surface area contributed by atoms with Crippen LogP contribution in [0.15, 0.2) is 18.2 Å². The van der Waals surface area contributed by atoms with Crippen molar-refractivity contribution in [3.8, 4) is 0 Å². The highest BCUT2D eigenvalue weighted by Gasteiger charge is 2.26. The van der Waals surface area contributed by atoms with Gasteiger partial charge >= 0.3 is 0 Å². The zero-order valence-corrected chi connectivity index (χ0v) is 9.42. The molecule has 84 valence electrons. The maximum absolute atomic E-state index is 11.2. The van der Waals surface area contributed by atoms with Crippen LogP contribution in [0.2, 0.25) is 0 Å². The molecule has 1 aromatic rings. The number of amides is 1. The Morgan fingerprint density at radius 3 is 2.88 bits per heavy atom.